The van der Waals surface area contributed by atoms with E-state index in [1.807, 2.05) is 18.5 Å². The van der Waals surface area contributed by atoms with E-state index < -0.39 is 0 Å². The molecule has 0 bridgehead atoms. The van der Waals surface area contributed by atoms with Crippen molar-refractivity contribution in [2.45, 2.75) is 6.92 Å². The molecule has 1 heterocycles. The minimum atomic E-state index is 0. The summed E-state index contributed by atoms with van der Waals surface area (Å²) < 4.78 is 0. The van der Waals surface area contributed by atoms with Crippen LogP contribution < -0.4 is 0 Å². The van der Waals surface area contributed by atoms with Crippen LogP contribution in [0.4, 0.5) is 0 Å². The molecule has 1 rings (SSSR count). The van der Waals surface area contributed by atoms with Crippen molar-refractivity contribution in [1.29, 1.82) is 0 Å². The second-order valence-corrected chi connectivity index (χ2v) is 2.39. The maximum absolute atomic E-state index is 4.03. The molecule has 0 amide bonds. The van der Waals surface area contributed by atoms with Crippen molar-refractivity contribution >= 4 is 34.4 Å². The molecule has 0 aliphatic heterocycles. The molecule has 0 spiro atoms. The summed E-state index contributed by atoms with van der Waals surface area (Å²) in [7, 11) is 0. The second kappa shape index (κ2) is 3.80. The predicted molar refractivity (Wildman–Crippen MR) is 47.3 cm³/mol. The smallest absolute Gasteiger partial charge is 0.0801 e. The van der Waals surface area contributed by atoms with Gasteiger partial charge in [0, 0.05) is 4.88 Å². The molecule has 3 heteroatoms. The van der Waals surface area contributed by atoms with Crippen molar-refractivity contribution in [3.8, 4) is 0 Å². The summed E-state index contributed by atoms with van der Waals surface area (Å²) in [6, 6.07) is 0. The van der Waals surface area contributed by atoms with Gasteiger partial charge >= 0.3 is 0 Å². The second-order valence-electron chi connectivity index (χ2n) is 1.51. The van der Waals surface area contributed by atoms with Gasteiger partial charge in [-0.2, -0.15) is 0 Å². The SMILES string of the molecule is Br.C=Cc1scnc1C. The Morgan fingerprint density at radius 3 is 2.67 bits per heavy atom. The quantitative estimate of drug-likeness (QED) is 0.688. The van der Waals surface area contributed by atoms with E-state index in [1.165, 1.54) is 4.88 Å². The third kappa shape index (κ3) is 1.91. The molecule has 0 aromatic carbocycles. The number of rotatable bonds is 1. The summed E-state index contributed by atoms with van der Waals surface area (Å²) in [5, 5.41) is 0. The van der Waals surface area contributed by atoms with E-state index in [1.54, 1.807) is 11.3 Å². The summed E-state index contributed by atoms with van der Waals surface area (Å²) >= 11 is 1.62. The average Bonchev–Trinajstić information content (AvgIpc) is 2.14. The van der Waals surface area contributed by atoms with Gasteiger partial charge in [-0.25, -0.2) is 4.98 Å². The van der Waals surface area contributed by atoms with Crippen LogP contribution in [0.15, 0.2) is 12.1 Å². The van der Waals surface area contributed by atoms with Crippen molar-refractivity contribution in [2.24, 2.45) is 0 Å². The van der Waals surface area contributed by atoms with Gasteiger partial charge < -0.3 is 0 Å². The van der Waals surface area contributed by atoms with E-state index in [9.17, 15) is 0 Å². The minimum Gasteiger partial charge on any atom is -0.249 e. The first-order chi connectivity index (χ1) is 3.84. The van der Waals surface area contributed by atoms with Gasteiger partial charge in [-0.1, -0.05) is 12.7 Å². The largest absolute Gasteiger partial charge is 0.249 e. The first-order valence-electron chi connectivity index (χ1n) is 2.37. The Hall–Kier alpha value is -0.150. The fraction of sp³-hybridized carbons (Fsp3) is 0.167. The van der Waals surface area contributed by atoms with Crippen molar-refractivity contribution in [3.05, 3.63) is 22.7 Å². The van der Waals surface area contributed by atoms with E-state index >= 15 is 0 Å². The standard InChI is InChI=1S/C6H7NS.BrH/c1-3-6-5(2)7-4-8-6;/h3-4H,1H2,2H3;1H. The maximum atomic E-state index is 4.03. The molecule has 50 valence electrons. The van der Waals surface area contributed by atoms with Crippen molar-refractivity contribution in [3.63, 3.8) is 0 Å². The van der Waals surface area contributed by atoms with Crippen molar-refractivity contribution < 1.29 is 0 Å². The third-order valence-corrected chi connectivity index (χ3v) is 1.89. The summed E-state index contributed by atoms with van der Waals surface area (Å²) in [6.45, 7) is 5.61. The lowest BCUT2D eigenvalue weighted by Gasteiger charge is -1.80. The van der Waals surface area contributed by atoms with Crippen LogP contribution in [-0.2, 0) is 0 Å². The Morgan fingerprint density at radius 2 is 2.44 bits per heavy atom. The van der Waals surface area contributed by atoms with Gasteiger partial charge in [0.15, 0.2) is 0 Å². The van der Waals surface area contributed by atoms with E-state index in [0.717, 1.165) is 5.69 Å². The molecule has 0 N–H and O–H groups in total. The Morgan fingerprint density at radius 1 is 1.78 bits per heavy atom. The number of thiazole rings is 1. The Balaban J connectivity index is 0.000000640. The lowest BCUT2D eigenvalue weighted by molar-refractivity contribution is 1.26. The van der Waals surface area contributed by atoms with Gasteiger partial charge in [0.25, 0.3) is 0 Å². The van der Waals surface area contributed by atoms with Gasteiger partial charge in [-0.3, -0.25) is 0 Å². The molecule has 1 nitrogen and oxygen atoms in total. The molecular weight excluding hydrogens is 198 g/mol. The fourth-order valence-electron chi connectivity index (χ4n) is 0.507. The average molecular weight is 206 g/mol. The summed E-state index contributed by atoms with van der Waals surface area (Å²) in [6.07, 6.45) is 1.83. The fourth-order valence-corrected chi connectivity index (χ4v) is 1.15. The van der Waals surface area contributed by atoms with Gasteiger partial charge in [0.05, 0.1) is 11.2 Å². The number of nitrogens with zero attached hydrogens (tertiary/aromatic N) is 1. The normalized spacial score (nSPS) is 8.11. The Labute approximate surface area is 69.2 Å². The predicted octanol–water partition coefficient (Wildman–Crippen LogP) is 2.67. The zero-order valence-electron chi connectivity index (χ0n) is 5.13. The van der Waals surface area contributed by atoms with Gasteiger partial charge in [0.1, 0.15) is 0 Å². The molecule has 9 heavy (non-hydrogen) atoms. The molecule has 1 aromatic heterocycles. The van der Waals surface area contributed by atoms with Crippen molar-refractivity contribution in [1.82, 2.24) is 4.98 Å². The van der Waals surface area contributed by atoms with Crippen LogP contribution in [0.5, 0.6) is 0 Å². The van der Waals surface area contributed by atoms with Crippen molar-refractivity contribution in [2.75, 3.05) is 0 Å². The molecule has 0 aliphatic rings. The summed E-state index contributed by atoms with van der Waals surface area (Å²) in [5.41, 5.74) is 2.90. The van der Waals surface area contributed by atoms with Crippen LogP contribution in [0.2, 0.25) is 0 Å². The highest BCUT2D eigenvalue weighted by molar-refractivity contribution is 8.93. The first kappa shape index (κ1) is 8.85. The van der Waals surface area contributed by atoms with E-state index in [4.69, 9.17) is 0 Å². The first-order valence-corrected chi connectivity index (χ1v) is 3.25. The number of aromatic nitrogens is 1. The molecule has 0 atom stereocenters. The number of hydrogen-bond donors (Lipinski definition) is 0. The van der Waals surface area contributed by atoms with E-state index in [2.05, 4.69) is 11.6 Å². The Kier molecular flexibility index (Phi) is 3.73. The molecule has 0 radical (unpaired) electrons. The number of halogens is 1. The number of aryl methyl sites for hydroxylation is 1. The molecule has 1 aromatic rings. The molecule has 0 unspecified atom stereocenters. The van der Waals surface area contributed by atoms with Crippen LogP contribution >= 0.6 is 28.3 Å². The maximum Gasteiger partial charge on any atom is 0.0801 e. The lowest BCUT2D eigenvalue weighted by atomic mass is 10.4. The van der Waals surface area contributed by atoms with E-state index in [-0.39, 0.29) is 17.0 Å². The number of hydrogen-bond acceptors (Lipinski definition) is 2. The zero-order valence-corrected chi connectivity index (χ0v) is 7.66. The van der Waals surface area contributed by atoms with Gasteiger partial charge in [0.2, 0.25) is 0 Å². The highest BCUT2D eigenvalue weighted by Crippen LogP contribution is 2.11. The van der Waals surface area contributed by atoms with Crippen LogP contribution in [0, 0.1) is 6.92 Å². The van der Waals surface area contributed by atoms with Crippen LogP contribution in [0.1, 0.15) is 10.6 Å². The molecule has 0 aliphatic carbocycles. The van der Waals surface area contributed by atoms with E-state index in [0.29, 0.717) is 0 Å². The zero-order chi connectivity index (χ0) is 5.98. The van der Waals surface area contributed by atoms with Gasteiger partial charge in [-0.05, 0) is 6.92 Å². The minimum absolute atomic E-state index is 0. The van der Waals surface area contributed by atoms with Gasteiger partial charge in [-0.15, -0.1) is 28.3 Å². The summed E-state index contributed by atoms with van der Waals surface area (Å²) in [4.78, 5) is 5.21. The molecule has 0 saturated carbocycles. The summed E-state index contributed by atoms with van der Waals surface area (Å²) in [5.74, 6) is 0. The molecule has 0 saturated heterocycles. The highest BCUT2D eigenvalue weighted by atomic mass is 79.9. The van der Waals surface area contributed by atoms with Crippen LogP contribution in [-0.4, -0.2) is 4.98 Å². The monoisotopic (exact) mass is 205 g/mol. The lowest BCUT2D eigenvalue weighted by Crippen LogP contribution is -1.69. The van der Waals surface area contributed by atoms with Crippen LogP contribution in [0.3, 0.4) is 0 Å². The molecular formula is C6H8BrNS. The topological polar surface area (TPSA) is 12.9 Å². The van der Waals surface area contributed by atoms with Crippen LogP contribution in [0.25, 0.3) is 6.08 Å². The molecule has 0 fully saturated rings. The highest BCUT2D eigenvalue weighted by Gasteiger charge is 1.91. The third-order valence-electron chi connectivity index (χ3n) is 0.968. The Bertz CT molecular complexity index is 195.